The van der Waals surface area contributed by atoms with Crippen LogP contribution in [0.5, 0.6) is 5.75 Å². The normalized spacial score (nSPS) is 17.4. The fourth-order valence-electron chi connectivity index (χ4n) is 3.96. The van der Waals surface area contributed by atoms with Gasteiger partial charge in [-0.05, 0) is 72.5 Å². The molecule has 6 nitrogen and oxygen atoms in total. The topological polar surface area (TPSA) is 79.7 Å². The van der Waals surface area contributed by atoms with Gasteiger partial charge in [0.2, 0.25) is 0 Å². The zero-order chi connectivity index (χ0) is 24.4. The highest BCUT2D eigenvalue weighted by Gasteiger charge is 2.47. The average molecular weight is 521 g/mol. The third-order valence-corrected chi connectivity index (χ3v) is 6.07. The van der Waals surface area contributed by atoms with Crippen LogP contribution >= 0.6 is 15.9 Å². The van der Waals surface area contributed by atoms with Crippen molar-refractivity contribution in [1.29, 1.82) is 0 Å². The molecule has 1 unspecified atom stereocenters. The van der Waals surface area contributed by atoms with Crippen molar-refractivity contribution in [1.82, 2.24) is 4.98 Å². The van der Waals surface area contributed by atoms with E-state index in [-0.39, 0.29) is 11.3 Å². The highest BCUT2D eigenvalue weighted by molar-refractivity contribution is 9.10. The van der Waals surface area contributed by atoms with E-state index in [1.807, 2.05) is 13.0 Å². The van der Waals surface area contributed by atoms with Gasteiger partial charge in [-0.2, -0.15) is 0 Å². The molecule has 174 valence electrons. The lowest BCUT2D eigenvalue weighted by Gasteiger charge is -2.25. The molecule has 1 N–H and O–H groups in total. The molecular weight excluding hydrogens is 496 g/mol. The molecule has 1 aliphatic rings. The first-order valence-electron chi connectivity index (χ1n) is 11.0. The third-order valence-electron chi connectivity index (χ3n) is 5.57. The second-order valence-electron chi connectivity index (χ2n) is 8.61. The number of rotatable bonds is 6. The number of aryl methyl sites for hydroxylation is 1. The molecule has 3 aromatic rings. The van der Waals surface area contributed by atoms with Crippen molar-refractivity contribution < 1.29 is 19.4 Å². The van der Waals surface area contributed by atoms with Crippen LogP contribution in [0.4, 0.5) is 5.69 Å². The average Bonchev–Trinajstić information content (AvgIpc) is 3.08. The molecule has 4 rings (SSSR count). The maximum absolute atomic E-state index is 13.2. The molecule has 1 aliphatic heterocycles. The van der Waals surface area contributed by atoms with Gasteiger partial charge < -0.3 is 9.84 Å². The number of ether oxygens (including phenoxy) is 1. The smallest absolute Gasteiger partial charge is 0.300 e. The standard InChI is InChI=1S/C27H25BrN2O4/c1-16(2)15-34-22-8-7-19(13-17(22)3)25(31)23-24(18-9-11-29-12-10-18)30(27(33)26(23)32)21-6-4-5-20(28)14-21/h4-14,16,24,31H,15H2,1-3H3/b25-23+. The number of carbonyl (C=O) groups is 2. The molecular formula is C27H25BrN2O4. The summed E-state index contributed by atoms with van der Waals surface area (Å²) in [6.07, 6.45) is 3.20. The number of aliphatic hydroxyl groups is 1. The van der Waals surface area contributed by atoms with Gasteiger partial charge in [0.25, 0.3) is 11.7 Å². The number of anilines is 1. The number of hydrogen-bond donors (Lipinski definition) is 1. The molecule has 7 heteroatoms. The number of nitrogens with zero attached hydrogens (tertiary/aromatic N) is 2. The van der Waals surface area contributed by atoms with Crippen LogP contribution in [0.3, 0.4) is 0 Å². The number of Topliss-reactive ketones (excluding diaryl/α,β-unsaturated/α-hetero) is 1. The highest BCUT2D eigenvalue weighted by atomic mass is 79.9. The first-order chi connectivity index (χ1) is 16.3. The summed E-state index contributed by atoms with van der Waals surface area (Å²) in [6.45, 7) is 6.59. The molecule has 1 aromatic heterocycles. The van der Waals surface area contributed by atoms with Crippen molar-refractivity contribution in [2.24, 2.45) is 5.92 Å². The SMILES string of the molecule is Cc1cc(/C(O)=C2\C(=O)C(=O)N(c3cccc(Br)c3)C2c2ccncc2)ccc1OCC(C)C. The molecule has 34 heavy (non-hydrogen) atoms. The summed E-state index contributed by atoms with van der Waals surface area (Å²) in [4.78, 5) is 31.9. The van der Waals surface area contributed by atoms with E-state index >= 15 is 0 Å². The fraction of sp³-hybridized carbons (Fsp3) is 0.222. The minimum atomic E-state index is -0.797. The van der Waals surface area contributed by atoms with E-state index in [4.69, 9.17) is 4.74 Å². The number of hydrogen-bond acceptors (Lipinski definition) is 5. The molecule has 1 fully saturated rings. The van der Waals surface area contributed by atoms with E-state index in [9.17, 15) is 14.7 Å². The zero-order valence-electron chi connectivity index (χ0n) is 19.2. The van der Waals surface area contributed by atoms with E-state index in [1.54, 1.807) is 60.9 Å². The second kappa shape index (κ2) is 9.81. The Kier molecular flexibility index (Phi) is 6.84. The number of aliphatic hydroxyl groups excluding tert-OH is 1. The van der Waals surface area contributed by atoms with E-state index in [0.717, 1.165) is 10.0 Å². The Hall–Kier alpha value is -3.45. The summed E-state index contributed by atoms with van der Waals surface area (Å²) < 4.78 is 6.61. The number of carbonyl (C=O) groups excluding carboxylic acids is 2. The number of ketones is 1. The number of halogens is 1. The maximum Gasteiger partial charge on any atom is 0.300 e. The van der Waals surface area contributed by atoms with Gasteiger partial charge in [-0.25, -0.2) is 0 Å². The molecule has 2 aromatic carbocycles. The largest absolute Gasteiger partial charge is 0.507 e. The number of pyridine rings is 1. The molecule has 1 saturated heterocycles. The molecule has 1 atom stereocenters. The number of amides is 1. The highest BCUT2D eigenvalue weighted by Crippen LogP contribution is 2.42. The molecule has 2 heterocycles. The third kappa shape index (κ3) is 4.61. The van der Waals surface area contributed by atoms with Crippen LogP contribution in [-0.2, 0) is 9.59 Å². The van der Waals surface area contributed by atoms with E-state index in [0.29, 0.717) is 35.1 Å². The van der Waals surface area contributed by atoms with Crippen molar-refractivity contribution in [3.8, 4) is 5.75 Å². The first-order valence-corrected chi connectivity index (χ1v) is 11.8. The van der Waals surface area contributed by atoms with Gasteiger partial charge in [0.15, 0.2) is 0 Å². The van der Waals surface area contributed by atoms with Gasteiger partial charge >= 0.3 is 0 Å². The Morgan fingerprint density at radius 2 is 1.85 bits per heavy atom. The number of benzene rings is 2. The minimum Gasteiger partial charge on any atom is -0.507 e. The van der Waals surface area contributed by atoms with Crippen LogP contribution < -0.4 is 9.64 Å². The molecule has 0 saturated carbocycles. The van der Waals surface area contributed by atoms with Crippen LogP contribution in [0.2, 0.25) is 0 Å². The second-order valence-corrected chi connectivity index (χ2v) is 9.53. The quantitative estimate of drug-likeness (QED) is 0.252. The van der Waals surface area contributed by atoms with Crippen molar-refractivity contribution in [2.75, 3.05) is 11.5 Å². The summed E-state index contributed by atoms with van der Waals surface area (Å²) >= 11 is 3.43. The van der Waals surface area contributed by atoms with Crippen LogP contribution in [0.25, 0.3) is 5.76 Å². The van der Waals surface area contributed by atoms with Crippen molar-refractivity contribution in [3.05, 3.63) is 93.7 Å². The number of aromatic nitrogens is 1. The molecule has 1 amide bonds. The summed E-state index contributed by atoms with van der Waals surface area (Å²) in [5.74, 6) is -0.573. The Morgan fingerprint density at radius 1 is 1.12 bits per heavy atom. The fourth-order valence-corrected chi connectivity index (χ4v) is 4.34. The summed E-state index contributed by atoms with van der Waals surface area (Å²) in [7, 11) is 0. The maximum atomic E-state index is 13.2. The van der Waals surface area contributed by atoms with Crippen LogP contribution in [0.1, 0.15) is 36.6 Å². The first kappa shape index (κ1) is 23.7. The molecule has 0 aliphatic carbocycles. The zero-order valence-corrected chi connectivity index (χ0v) is 20.7. The predicted octanol–water partition coefficient (Wildman–Crippen LogP) is 5.81. The summed E-state index contributed by atoms with van der Waals surface area (Å²) in [5, 5.41) is 11.3. The molecule has 0 spiro atoms. The summed E-state index contributed by atoms with van der Waals surface area (Å²) in [6, 6.07) is 15.1. The summed E-state index contributed by atoms with van der Waals surface area (Å²) in [5.41, 5.74) is 2.52. The van der Waals surface area contributed by atoms with Gasteiger partial charge in [-0.1, -0.05) is 35.8 Å². The van der Waals surface area contributed by atoms with Crippen LogP contribution in [0.15, 0.2) is 77.0 Å². The lowest BCUT2D eigenvalue weighted by Crippen LogP contribution is -2.29. The Balaban J connectivity index is 1.84. The lowest BCUT2D eigenvalue weighted by atomic mass is 9.95. The Labute approximate surface area is 207 Å². The van der Waals surface area contributed by atoms with Gasteiger partial charge in [-0.3, -0.25) is 19.5 Å². The predicted molar refractivity (Wildman–Crippen MR) is 135 cm³/mol. The van der Waals surface area contributed by atoms with E-state index in [2.05, 4.69) is 34.8 Å². The van der Waals surface area contributed by atoms with E-state index < -0.39 is 17.7 Å². The molecule has 0 bridgehead atoms. The van der Waals surface area contributed by atoms with Crippen molar-refractivity contribution in [3.63, 3.8) is 0 Å². The Bertz CT molecular complexity index is 1270. The van der Waals surface area contributed by atoms with Crippen molar-refractivity contribution in [2.45, 2.75) is 26.8 Å². The van der Waals surface area contributed by atoms with Gasteiger partial charge in [-0.15, -0.1) is 0 Å². The van der Waals surface area contributed by atoms with Gasteiger partial charge in [0, 0.05) is 28.1 Å². The van der Waals surface area contributed by atoms with Crippen LogP contribution in [0, 0.1) is 12.8 Å². The van der Waals surface area contributed by atoms with E-state index in [1.165, 1.54) is 4.90 Å². The minimum absolute atomic E-state index is 0.0337. The van der Waals surface area contributed by atoms with Crippen LogP contribution in [-0.4, -0.2) is 28.4 Å². The lowest BCUT2D eigenvalue weighted by molar-refractivity contribution is -0.132. The van der Waals surface area contributed by atoms with Gasteiger partial charge in [0.1, 0.15) is 11.5 Å². The van der Waals surface area contributed by atoms with Crippen molar-refractivity contribution >= 4 is 39.1 Å². The Morgan fingerprint density at radius 3 is 2.50 bits per heavy atom. The molecule has 0 radical (unpaired) electrons. The monoisotopic (exact) mass is 520 g/mol. The van der Waals surface area contributed by atoms with Gasteiger partial charge in [0.05, 0.1) is 18.2 Å².